The van der Waals surface area contributed by atoms with E-state index < -0.39 is 0 Å². The Morgan fingerprint density at radius 3 is 2.74 bits per heavy atom. The molecule has 19 heavy (non-hydrogen) atoms. The highest BCUT2D eigenvalue weighted by Crippen LogP contribution is 2.12. The lowest BCUT2D eigenvalue weighted by Gasteiger charge is -2.07. The molecule has 2 aromatic rings. The summed E-state index contributed by atoms with van der Waals surface area (Å²) in [7, 11) is 0. The van der Waals surface area contributed by atoms with Crippen LogP contribution < -0.4 is 10.5 Å². The molecule has 1 heterocycles. The lowest BCUT2D eigenvalue weighted by Crippen LogP contribution is -2.09. The van der Waals surface area contributed by atoms with E-state index in [1.54, 1.807) is 16.8 Å². The number of aromatic nitrogens is 3. The first-order chi connectivity index (χ1) is 9.20. The predicted octanol–water partition coefficient (Wildman–Crippen LogP) is 2.03. The van der Waals surface area contributed by atoms with Crippen molar-refractivity contribution in [3.05, 3.63) is 35.8 Å². The van der Waals surface area contributed by atoms with Crippen LogP contribution in [-0.2, 0) is 13.0 Å². The Kier molecular flexibility index (Phi) is 4.33. The molecule has 0 spiro atoms. The van der Waals surface area contributed by atoms with Crippen LogP contribution in [0.5, 0.6) is 5.75 Å². The van der Waals surface area contributed by atoms with Gasteiger partial charge in [-0.1, -0.05) is 12.1 Å². The molecule has 0 atom stereocenters. The molecule has 0 aliphatic carbocycles. The maximum Gasteiger partial charge on any atom is 0.169 e. The van der Waals surface area contributed by atoms with E-state index in [4.69, 9.17) is 10.5 Å². The van der Waals surface area contributed by atoms with Crippen LogP contribution in [0.1, 0.15) is 19.0 Å². The van der Waals surface area contributed by atoms with E-state index in [0.29, 0.717) is 24.7 Å². The van der Waals surface area contributed by atoms with Crippen LogP contribution in [0.25, 0.3) is 0 Å². The lowest BCUT2D eigenvalue weighted by atomic mass is 10.3. The third-order valence-electron chi connectivity index (χ3n) is 2.80. The van der Waals surface area contributed by atoms with Crippen molar-refractivity contribution in [1.29, 1.82) is 0 Å². The van der Waals surface area contributed by atoms with E-state index in [-0.39, 0.29) is 5.82 Å². The minimum Gasteiger partial charge on any atom is -0.494 e. The number of ether oxygens (including phenoxy) is 1. The van der Waals surface area contributed by atoms with Crippen molar-refractivity contribution < 1.29 is 9.13 Å². The Balaban J connectivity index is 1.79. The van der Waals surface area contributed by atoms with Crippen LogP contribution in [0.15, 0.2) is 24.3 Å². The first kappa shape index (κ1) is 13.3. The highest BCUT2D eigenvalue weighted by atomic mass is 19.1. The van der Waals surface area contributed by atoms with Gasteiger partial charge in [0.2, 0.25) is 0 Å². The molecule has 102 valence electrons. The fourth-order valence-corrected chi connectivity index (χ4v) is 1.82. The third-order valence-corrected chi connectivity index (χ3v) is 2.80. The highest BCUT2D eigenvalue weighted by molar-refractivity contribution is 5.32. The van der Waals surface area contributed by atoms with Gasteiger partial charge in [0.05, 0.1) is 12.3 Å². The summed E-state index contributed by atoms with van der Waals surface area (Å²) in [6.07, 6.45) is 1.59. The predicted molar refractivity (Wildman–Crippen MR) is 70.3 cm³/mol. The summed E-state index contributed by atoms with van der Waals surface area (Å²) in [5.41, 5.74) is 6.65. The van der Waals surface area contributed by atoms with E-state index in [0.717, 1.165) is 18.5 Å². The second kappa shape index (κ2) is 6.17. The van der Waals surface area contributed by atoms with Crippen molar-refractivity contribution in [3.8, 4) is 5.75 Å². The molecule has 0 aliphatic heterocycles. The number of anilines is 1. The van der Waals surface area contributed by atoms with E-state index >= 15 is 0 Å². The van der Waals surface area contributed by atoms with Gasteiger partial charge in [0, 0.05) is 13.0 Å². The number of benzene rings is 1. The van der Waals surface area contributed by atoms with Gasteiger partial charge in [-0.25, -0.2) is 9.07 Å². The third kappa shape index (κ3) is 3.43. The second-order valence-electron chi connectivity index (χ2n) is 4.15. The number of nitrogen functional groups attached to an aromatic ring is 1. The van der Waals surface area contributed by atoms with Gasteiger partial charge < -0.3 is 10.5 Å². The van der Waals surface area contributed by atoms with Gasteiger partial charge >= 0.3 is 0 Å². The average molecular weight is 264 g/mol. The first-order valence-electron chi connectivity index (χ1n) is 6.27. The molecule has 2 N–H and O–H groups in total. The standard InChI is InChI=1S/C13H17FN4O/c1-2-12-13(15)16-17-18(12)8-3-9-19-11-6-4-10(14)5-7-11/h4-7H,2-3,8-9,15H2,1H3. The van der Waals surface area contributed by atoms with Crippen molar-refractivity contribution in [2.45, 2.75) is 26.3 Å². The van der Waals surface area contributed by atoms with Gasteiger partial charge in [0.25, 0.3) is 0 Å². The van der Waals surface area contributed by atoms with Crippen molar-refractivity contribution in [3.63, 3.8) is 0 Å². The molecular formula is C13H17FN4O. The lowest BCUT2D eigenvalue weighted by molar-refractivity contribution is 0.296. The number of hydrogen-bond donors (Lipinski definition) is 1. The number of rotatable bonds is 6. The number of hydrogen-bond acceptors (Lipinski definition) is 4. The molecule has 0 fully saturated rings. The zero-order chi connectivity index (χ0) is 13.7. The monoisotopic (exact) mass is 264 g/mol. The van der Waals surface area contributed by atoms with Gasteiger partial charge in [-0.15, -0.1) is 5.10 Å². The van der Waals surface area contributed by atoms with Crippen LogP contribution in [0.4, 0.5) is 10.2 Å². The smallest absolute Gasteiger partial charge is 0.169 e. The van der Waals surface area contributed by atoms with Crippen LogP contribution in [-0.4, -0.2) is 21.6 Å². The molecule has 0 radical (unpaired) electrons. The SMILES string of the molecule is CCc1c(N)nnn1CCCOc1ccc(F)cc1. The van der Waals surface area contributed by atoms with Gasteiger partial charge in [-0.05, 0) is 30.7 Å². The Morgan fingerprint density at radius 1 is 1.32 bits per heavy atom. The van der Waals surface area contributed by atoms with Crippen LogP contribution in [0.3, 0.4) is 0 Å². The molecule has 0 aliphatic rings. The summed E-state index contributed by atoms with van der Waals surface area (Å²) in [4.78, 5) is 0. The number of nitrogens with two attached hydrogens (primary N) is 1. The van der Waals surface area contributed by atoms with Crippen LogP contribution in [0.2, 0.25) is 0 Å². The fourth-order valence-electron chi connectivity index (χ4n) is 1.82. The summed E-state index contributed by atoms with van der Waals surface area (Å²) >= 11 is 0. The summed E-state index contributed by atoms with van der Waals surface area (Å²) in [6.45, 7) is 3.25. The molecule has 5 nitrogen and oxygen atoms in total. The van der Waals surface area contributed by atoms with Crippen LogP contribution >= 0.6 is 0 Å². The van der Waals surface area contributed by atoms with Crippen LogP contribution in [0, 0.1) is 5.82 Å². The molecule has 1 aromatic heterocycles. The molecule has 0 saturated heterocycles. The maximum absolute atomic E-state index is 12.7. The van der Waals surface area contributed by atoms with Crippen molar-refractivity contribution in [1.82, 2.24) is 15.0 Å². The summed E-state index contributed by atoms with van der Waals surface area (Å²) < 4.78 is 20.0. The van der Waals surface area contributed by atoms with E-state index in [2.05, 4.69) is 10.3 Å². The second-order valence-corrected chi connectivity index (χ2v) is 4.15. The van der Waals surface area contributed by atoms with Crippen molar-refractivity contribution >= 4 is 5.82 Å². The Bertz CT molecular complexity index is 524. The topological polar surface area (TPSA) is 66.0 Å². The summed E-state index contributed by atoms with van der Waals surface area (Å²) in [6, 6.07) is 5.98. The molecule has 2 rings (SSSR count). The number of aryl methyl sites for hydroxylation is 1. The highest BCUT2D eigenvalue weighted by Gasteiger charge is 2.07. The Labute approximate surface area is 111 Å². The van der Waals surface area contributed by atoms with Gasteiger partial charge in [0.1, 0.15) is 11.6 Å². The molecule has 0 saturated carbocycles. The Hall–Kier alpha value is -2.11. The quantitative estimate of drug-likeness (QED) is 0.811. The maximum atomic E-state index is 12.7. The molecule has 0 unspecified atom stereocenters. The number of nitrogens with zero attached hydrogens (tertiary/aromatic N) is 3. The molecule has 0 amide bonds. The molecule has 1 aromatic carbocycles. The van der Waals surface area contributed by atoms with Gasteiger partial charge in [0.15, 0.2) is 5.82 Å². The normalized spacial score (nSPS) is 10.6. The zero-order valence-corrected chi connectivity index (χ0v) is 10.8. The number of halogens is 1. The van der Waals surface area contributed by atoms with Gasteiger partial charge in [-0.3, -0.25) is 0 Å². The molecular weight excluding hydrogens is 247 g/mol. The molecule has 0 bridgehead atoms. The average Bonchev–Trinajstić information content (AvgIpc) is 2.77. The first-order valence-corrected chi connectivity index (χ1v) is 6.27. The molecule has 6 heteroatoms. The van der Waals surface area contributed by atoms with E-state index in [9.17, 15) is 4.39 Å². The minimum atomic E-state index is -0.266. The summed E-state index contributed by atoms with van der Waals surface area (Å²) in [5, 5.41) is 7.82. The minimum absolute atomic E-state index is 0.266. The van der Waals surface area contributed by atoms with Crippen molar-refractivity contribution in [2.24, 2.45) is 0 Å². The largest absolute Gasteiger partial charge is 0.494 e. The van der Waals surface area contributed by atoms with E-state index in [1.807, 2.05) is 6.92 Å². The van der Waals surface area contributed by atoms with Gasteiger partial charge in [-0.2, -0.15) is 0 Å². The van der Waals surface area contributed by atoms with E-state index in [1.165, 1.54) is 12.1 Å². The fraction of sp³-hybridized carbons (Fsp3) is 0.385. The van der Waals surface area contributed by atoms with Crippen molar-refractivity contribution in [2.75, 3.05) is 12.3 Å². The zero-order valence-electron chi connectivity index (χ0n) is 10.8. The Morgan fingerprint density at radius 2 is 2.05 bits per heavy atom. The summed E-state index contributed by atoms with van der Waals surface area (Å²) in [5.74, 6) is 0.884.